The summed E-state index contributed by atoms with van der Waals surface area (Å²) in [6.07, 6.45) is 45.4. The molecule has 0 unspecified atom stereocenters. The van der Waals surface area contributed by atoms with Gasteiger partial charge in [0.25, 0.3) is 10.1 Å². The van der Waals surface area contributed by atoms with Gasteiger partial charge in [-0.2, -0.15) is 8.42 Å². The monoisotopic (exact) mass is 713 g/mol. The zero-order valence-corrected chi connectivity index (χ0v) is 33.9. The molecule has 50 heavy (non-hydrogen) atoms. The van der Waals surface area contributed by atoms with Gasteiger partial charge in [0.1, 0.15) is 4.90 Å². The number of fused-ring (bicyclic) bond motifs is 1. The summed E-state index contributed by atoms with van der Waals surface area (Å²) in [5, 5.41) is 1.58. The SMILES string of the molecule is CCCCCCCCCCCCCCCCCCc1ccc2c(S(=O)(=O)O)cc(CCCCCCCCCCCCCCCCCC)cc2c1. The number of unbranched alkanes of at least 4 members (excludes halogenated alkanes) is 30. The molecule has 0 aliphatic rings. The predicted octanol–water partition coefficient (Wildman–Crippen LogP) is 15.7. The van der Waals surface area contributed by atoms with Crippen LogP contribution in [0.5, 0.6) is 0 Å². The van der Waals surface area contributed by atoms with Crippen molar-refractivity contribution < 1.29 is 13.0 Å². The molecule has 0 saturated carbocycles. The van der Waals surface area contributed by atoms with Gasteiger partial charge in [0.05, 0.1) is 0 Å². The first-order valence-corrected chi connectivity index (χ1v) is 23.4. The summed E-state index contributed by atoms with van der Waals surface area (Å²) in [5.74, 6) is 0. The molecule has 0 fully saturated rings. The fourth-order valence-corrected chi connectivity index (χ4v) is 8.48. The third-order valence-corrected chi connectivity index (χ3v) is 11.8. The van der Waals surface area contributed by atoms with Crippen molar-refractivity contribution in [2.45, 2.75) is 237 Å². The minimum Gasteiger partial charge on any atom is -0.282 e. The predicted molar refractivity (Wildman–Crippen MR) is 220 cm³/mol. The van der Waals surface area contributed by atoms with Crippen LogP contribution in [0, 0.1) is 0 Å². The summed E-state index contributed by atoms with van der Waals surface area (Å²) in [4.78, 5) is 0.0652. The maximum absolute atomic E-state index is 12.3. The van der Waals surface area contributed by atoms with E-state index in [2.05, 4.69) is 32.0 Å². The smallest absolute Gasteiger partial charge is 0.282 e. The fraction of sp³-hybridized carbons (Fsp3) is 0.783. The molecule has 0 bridgehead atoms. The first-order chi connectivity index (χ1) is 24.5. The van der Waals surface area contributed by atoms with Gasteiger partial charge in [-0.25, -0.2) is 0 Å². The van der Waals surface area contributed by atoms with E-state index in [1.807, 2.05) is 6.07 Å². The third-order valence-electron chi connectivity index (χ3n) is 11.0. The van der Waals surface area contributed by atoms with Crippen LogP contribution in [-0.4, -0.2) is 13.0 Å². The van der Waals surface area contributed by atoms with Gasteiger partial charge in [0, 0.05) is 5.39 Å². The van der Waals surface area contributed by atoms with E-state index in [0.717, 1.165) is 30.2 Å². The van der Waals surface area contributed by atoms with Crippen molar-refractivity contribution in [2.24, 2.45) is 0 Å². The molecule has 0 spiro atoms. The van der Waals surface area contributed by atoms with Gasteiger partial charge in [-0.3, -0.25) is 4.55 Å². The van der Waals surface area contributed by atoms with Gasteiger partial charge in [-0.1, -0.05) is 231 Å². The van der Waals surface area contributed by atoms with Gasteiger partial charge >= 0.3 is 0 Å². The highest BCUT2D eigenvalue weighted by molar-refractivity contribution is 7.86. The van der Waals surface area contributed by atoms with E-state index in [0.29, 0.717) is 5.39 Å². The number of benzene rings is 2. The minimum atomic E-state index is -4.27. The van der Waals surface area contributed by atoms with Crippen LogP contribution < -0.4 is 0 Å². The summed E-state index contributed by atoms with van der Waals surface area (Å²) >= 11 is 0. The van der Waals surface area contributed by atoms with Gasteiger partial charge in [0.15, 0.2) is 0 Å². The molecular weight excluding hydrogens is 633 g/mol. The Kier molecular flexibility index (Phi) is 27.0. The Morgan fingerprint density at radius 2 is 0.700 bits per heavy atom. The molecule has 0 radical (unpaired) electrons. The lowest BCUT2D eigenvalue weighted by Gasteiger charge is -2.11. The van der Waals surface area contributed by atoms with Crippen LogP contribution in [-0.2, 0) is 23.0 Å². The summed E-state index contributed by atoms with van der Waals surface area (Å²) < 4.78 is 34.6. The minimum absolute atomic E-state index is 0.0652. The van der Waals surface area contributed by atoms with E-state index >= 15 is 0 Å². The molecule has 2 aromatic carbocycles. The molecule has 0 aliphatic heterocycles. The largest absolute Gasteiger partial charge is 0.295 e. The van der Waals surface area contributed by atoms with Crippen LogP contribution in [0.4, 0.5) is 0 Å². The normalized spacial score (nSPS) is 12.0. The van der Waals surface area contributed by atoms with E-state index in [1.54, 1.807) is 6.07 Å². The topological polar surface area (TPSA) is 54.4 Å². The van der Waals surface area contributed by atoms with E-state index in [9.17, 15) is 13.0 Å². The average molecular weight is 713 g/mol. The molecule has 4 heteroatoms. The van der Waals surface area contributed by atoms with Crippen molar-refractivity contribution >= 4 is 20.9 Å². The number of rotatable bonds is 35. The molecule has 0 saturated heterocycles. The lowest BCUT2D eigenvalue weighted by molar-refractivity contribution is 0.484. The second-order valence-electron chi connectivity index (χ2n) is 15.7. The lowest BCUT2D eigenvalue weighted by Crippen LogP contribution is -2.01. The summed E-state index contributed by atoms with van der Waals surface area (Å²) in [7, 11) is -4.27. The van der Waals surface area contributed by atoms with E-state index in [4.69, 9.17) is 0 Å². The van der Waals surface area contributed by atoms with Crippen molar-refractivity contribution in [1.29, 1.82) is 0 Å². The molecule has 0 heterocycles. The highest BCUT2D eigenvalue weighted by atomic mass is 32.2. The van der Waals surface area contributed by atoms with Crippen LogP contribution in [0.25, 0.3) is 10.8 Å². The van der Waals surface area contributed by atoms with Gasteiger partial charge in [0.2, 0.25) is 0 Å². The van der Waals surface area contributed by atoms with Crippen LogP contribution in [0.3, 0.4) is 0 Å². The first-order valence-electron chi connectivity index (χ1n) is 22.0. The van der Waals surface area contributed by atoms with Crippen LogP contribution in [0.1, 0.15) is 230 Å². The van der Waals surface area contributed by atoms with Crippen LogP contribution >= 0.6 is 0 Å². The summed E-state index contributed by atoms with van der Waals surface area (Å²) in [6, 6.07) is 9.98. The second-order valence-corrected chi connectivity index (χ2v) is 17.1. The van der Waals surface area contributed by atoms with Crippen molar-refractivity contribution in [3.63, 3.8) is 0 Å². The van der Waals surface area contributed by atoms with Gasteiger partial charge in [-0.15, -0.1) is 0 Å². The van der Waals surface area contributed by atoms with Crippen molar-refractivity contribution in [3.05, 3.63) is 41.5 Å². The van der Waals surface area contributed by atoms with E-state index in [-0.39, 0.29) is 4.90 Å². The Labute approximate surface area is 311 Å². The Morgan fingerprint density at radius 3 is 1.04 bits per heavy atom. The molecule has 2 rings (SSSR count). The molecule has 3 nitrogen and oxygen atoms in total. The molecule has 0 aliphatic carbocycles. The first kappa shape index (κ1) is 44.8. The highest BCUT2D eigenvalue weighted by Crippen LogP contribution is 2.28. The Balaban J connectivity index is 1.59. The standard InChI is InChI=1S/C46H80O3S/c1-3-5-7-9-11-13-15-17-19-21-23-25-27-29-31-33-35-42-37-38-45-44(39-42)40-43(41-46(45)50(47,48)49)36-34-32-30-28-26-24-22-20-18-16-14-12-10-8-6-4-2/h37-41H,3-36H2,1-2H3,(H,47,48,49). The zero-order chi connectivity index (χ0) is 36.0. The molecule has 1 N–H and O–H groups in total. The second kappa shape index (κ2) is 30.1. The zero-order valence-electron chi connectivity index (χ0n) is 33.1. The molecule has 0 aromatic heterocycles. The van der Waals surface area contributed by atoms with Crippen LogP contribution in [0.2, 0.25) is 0 Å². The molecular formula is C46H80O3S. The van der Waals surface area contributed by atoms with E-state index < -0.39 is 10.1 Å². The maximum Gasteiger partial charge on any atom is 0.295 e. The Morgan fingerprint density at radius 1 is 0.400 bits per heavy atom. The number of hydrogen-bond donors (Lipinski definition) is 1. The Hall–Kier alpha value is -1.39. The summed E-state index contributed by atoms with van der Waals surface area (Å²) in [6.45, 7) is 4.57. The van der Waals surface area contributed by atoms with Gasteiger partial charge in [-0.05, 0) is 48.3 Å². The molecule has 0 amide bonds. The Bertz CT molecular complexity index is 1180. The number of hydrogen-bond acceptors (Lipinski definition) is 2. The van der Waals surface area contributed by atoms with Gasteiger partial charge < -0.3 is 0 Å². The van der Waals surface area contributed by atoms with Crippen molar-refractivity contribution in [1.82, 2.24) is 0 Å². The molecule has 0 atom stereocenters. The summed E-state index contributed by atoms with van der Waals surface area (Å²) in [5.41, 5.74) is 2.29. The molecule has 2 aromatic rings. The third kappa shape index (κ3) is 22.5. The average Bonchev–Trinajstić information content (AvgIpc) is 3.10. The quantitative estimate of drug-likeness (QED) is 0.0572. The maximum atomic E-state index is 12.3. The van der Waals surface area contributed by atoms with Crippen molar-refractivity contribution in [3.8, 4) is 0 Å². The van der Waals surface area contributed by atoms with Crippen LogP contribution in [0.15, 0.2) is 35.2 Å². The van der Waals surface area contributed by atoms with Crippen molar-refractivity contribution in [2.75, 3.05) is 0 Å². The highest BCUT2D eigenvalue weighted by Gasteiger charge is 2.16. The van der Waals surface area contributed by atoms with E-state index in [1.165, 1.54) is 205 Å². The fourth-order valence-electron chi connectivity index (χ4n) is 7.71. The molecule has 288 valence electrons. The lowest BCUT2D eigenvalue weighted by atomic mass is 9.98. The number of aryl methyl sites for hydroxylation is 2.